The summed E-state index contributed by atoms with van der Waals surface area (Å²) in [6.07, 6.45) is 3.22. The number of nitrogens with zero attached hydrogens (tertiary/aromatic N) is 3. The van der Waals surface area contributed by atoms with Crippen LogP contribution in [-0.2, 0) is 7.05 Å². The van der Waals surface area contributed by atoms with E-state index in [1.165, 1.54) is 6.21 Å². The molecule has 1 heterocycles. The minimum Gasteiger partial charge on any atom is -0.496 e. The highest BCUT2D eigenvalue weighted by Gasteiger charge is 2.06. The Labute approximate surface area is 110 Å². The molecule has 0 aliphatic heterocycles. The number of hydrazone groups is 1. The highest BCUT2D eigenvalue weighted by atomic mass is 16.5. The maximum absolute atomic E-state index is 11.7. The van der Waals surface area contributed by atoms with Crippen molar-refractivity contribution in [1.29, 1.82) is 0 Å². The zero-order valence-electron chi connectivity index (χ0n) is 10.7. The lowest BCUT2D eigenvalue weighted by atomic mass is 10.2. The maximum atomic E-state index is 11.7. The van der Waals surface area contributed by atoms with E-state index in [4.69, 9.17) is 4.74 Å². The van der Waals surface area contributed by atoms with Gasteiger partial charge in [0.1, 0.15) is 5.75 Å². The molecule has 1 amide bonds. The van der Waals surface area contributed by atoms with Crippen molar-refractivity contribution in [2.24, 2.45) is 12.1 Å². The van der Waals surface area contributed by atoms with Crippen molar-refractivity contribution in [2.45, 2.75) is 0 Å². The molecule has 0 aliphatic carbocycles. The van der Waals surface area contributed by atoms with Crippen molar-refractivity contribution in [1.82, 2.24) is 15.2 Å². The normalized spacial score (nSPS) is 10.6. The highest BCUT2D eigenvalue weighted by Crippen LogP contribution is 2.14. The van der Waals surface area contributed by atoms with Gasteiger partial charge < -0.3 is 4.74 Å². The fraction of sp³-hybridized carbons (Fsp3) is 0.154. The largest absolute Gasteiger partial charge is 0.496 e. The third kappa shape index (κ3) is 3.19. The van der Waals surface area contributed by atoms with Gasteiger partial charge in [0.25, 0.3) is 5.91 Å². The molecule has 6 nitrogen and oxygen atoms in total. The van der Waals surface area contributed by atoms with E-state index in [1.54, 1.807) is 31.1 Å². The maximum Gasteiger partial charge on any atom is 0.291 e. The van der Waals surface area contributed by atoms with Crippen molar-refractivity contribution >= 4 is 12.1 Å². The number of hydrogen-bond acceptors (Lipinski definition) is 4. The Morgan fingerprint density at radius 2 is 2.21 bits per heavy atom. The van der Waals surface area contributed by atoms with Crippen LogP contribution in [0.5, 0.6) is 5.75 Å². The second-order valence-electron chi connectivity index (χ2n) is 3.82. The SMILES string of the molecule is COc1ccccc1/C=N/NC(=O)c1ccn(C)n1. The fourth-order valence-electron chi connectivity index (χ4n) is 1.53. The summed E-state index contributed by atoms with van der Waals surface area (Å²) < 4.78 is 6.73. The van der Waals surface area contributed by atoms with Gasteiger partial charge in [-0.15, -0.1) is 0 Å². The van der Waals surface area contributed by atoms with Crippen molar-refractivity contribution in [2.75, 3.05) is 7.11 Å². The number of hydrogen-bond donors (Lipinski definition) is 1. The number of aromatic nitrogens is 2. The van der Waals surface area contributed by atoms with Gasteiger partial charge in [0.2, 0.25) is 0 Å². The molecule has 0 atom stereocenters. The first-order chi connectivity index (χ1) is 9.20. The number of nitrogens with one attached hydrogen (secondary N) is 1. The van der Waals surface area contributed by atoms with Crippen LogP contribution >= 0.6 is 0 Å². The Balaban J connectivity index is 2.02. The summed E-state index contributed by atoms with van der Waals surface area (Å²) in [7, 11) is 3.33. The minimum atomic E-state index is -0.355. The van der Waals surface area contributed by atoms with Crippen LogP contribution in [0.2, 0.25) is 0 Å². The number of amides is 1. The van der Waals surface area contributed by atoms with Gasteiger partial charge in [0.15, 0.2) is 5.69 Å². The third-order valence-electron chi connectivity index (χ3n) is 2.45. The average molecular weight is 258 g/mol. The molecule has 2 rings (SSSR count). The van der Waals surface area contributed by atoms with Gasteiger partial charge in [-0.3, -0.25) is 9.48 Å². The van der Waals surface area contributed by atoms with Crippen LogP contribution in [0.15, 0.2) is 41.6 Å². The van der Waals surface area contributed by atoms with Gasteiger partial charge in [-0.2, -0.15) is 10.2 Å². The molecule has 0 saturated carbocycles. The topological polar surface area (TPSA) is 68.5 Å². The van der Waals surface area contributed by atoms with Crippen molar-refractivity contribution in [3.05, 3.63) is 47.8 Å². The van der Waals surface area contributed by atoms with E-state index in [2.05, 4.69) is 15.6 Å². The van der Waals surface area contributed by atoms with Gasteiger partial charge >= 0.3 is 0 Å². The monoisotopic (exact) mass is 258 g/mol. The van der Waals surface area contributed by atoms with Crippen molar-refractivity contribution in [3.63, 3.8) is 0 Å². The van der Waals surface area contributed by atoms with Crippen LogP contribution < -0.4 is 10.2 Å². The second kappa shape index (κ2) is 5.81. The lowest BCUT2D eigenvalue weighted by Gasteiger charge is -2.02. The van der Waals surface area contributed by atoms with Crippen molar-refractivity contribution in [3.8, 4) is 5.75 Å². The molecule has 0 radical (unpaired) electrons. The van der Waals surface area contributed by atoms with Crippen LogP contribution in [0.3, 0.4) is 0 Å². The van der Waals surface area contributed by atoms with E-state index in [0.717, 1.165) is 5.56 Å². The Hall–Kier alpha value is -2.63. The third-order valence-corrected chi connectivity index (χ3v) is 2.45. The van der Waals surface area contributed by atoms with E-state index in [1.807, 2.05) is 24.3 Å². The van der Waals surface area contributed by atoms with E-state index < -0.39 is 0 Å². The molecular formula is C13H14N4O2. The average Bonchev–Trinajstić information content (AvgIpc) is 2.86. The molecule has 1 N–H and O–H groups in total. The number of rotatable bonds is 4. The standard InChI is InChI=1S/C13H14N4O2/c1-17-8-7-11(16-17)13(18)15-14-9-10-5-3-4-6-12(10)19-2/h3-9H,1-2H3,(H,15,18)/b14-9+. The summed E-state index contributed by atoms with van der Waals surface area (Å²) in [6, 6.07) is 9.01. The van der Waals surface area contributed by atoms with E-state index in [0.29, 0.717) is 11.4 Å². The molecule has 1 aromatic heterocycles. The van der Waals surface area contributed by atoms with Crippen LogP contribution in [0, 0.1) is 0 Å². The van der Waals surface area contributed by atoms with E-state index >= 15 is 0 Å². The first-order valence-corrected chi connectivity index (χ1v) is 5.67. The zero-order chi connectivity index (χ0) is 13.7. The molecule has 0 saturated heterocycles. The summed E-state index contributed by atoms with van der Waals surface area (Å²) in [5.41, 5.74) is 3.51. The Kier molecular flexibility index (Phi) is 3.92. The van der Waals surface area contributed by atoms with Gasteiger partial charge in [-0.1, -0.05) is 12.1 Å². The summed E-state index contributed by atoms with van der Waals surface area (Å²) in [5, 5.41) is 7.86. The minimum absolute atomic E-state index is 0.319. The molecule has 0 aliphatic rings. The van der Waals surface area contributed by atoms with Crippen LogP contribution in [0.4, 0.5) is 0 Å². The molecular weight excluding hydrogens is 244 g/mol. The van der Waals surface area contributed by atoms with Gasteiger partial charge in [-0.05, 0) is 18.2 Å². The lowest BCUT2D eigenvalue weighted by molar-refractivity contribution is 0.0949. The smallest absolute Gasteiger partial charge is 0.291 e. The Morgan fingerprint density at radius 3 is 2.89 bits per heavy atom. The van der Waals surface area contributed by atoms with Gasteiger partial charge in [0, 0.05) is 18.8 Å². The summed E-state index contributed by atoms with van der Waals surface area (Å²) in [5.74, 6) is 0.338. The predicted molar refractivity (Wildman–Crippen MR) is 71.3 cm³/mol. The highest BCUT2D eigenvalue weighted by molar-refractivity contribution is 5.93. The molecule has 1 aromatic carbocycles. The summed E-state index contributed by atoms with van der Waals surface area (Å²) >= 11 is 0. The van der Waals surface area contributed by atoms with E-state index in [-0.39, 0.29) is 5.91 Å². The lowest BCUT2D eigenvalue weighted by Crippen LogP contribution is -2.18. The number of para-hydroxylation sites is 1. The molecule has 98 valence electrons. The molecule has 0 fully saturated rings. The zero-order valence-corrected chi connectivity index (χ0v) is 10.7. The Morgan fingerprint density at radius 1 is 1.42 bits per heavy atom. The second-order valence-corrected chi connectivity index (χ2v) is 3.82. The molecule has 19 heavy (non-hydrogen) atoms. The van der Waals surface area contributed by atoms with Crippen LogP contribution in [0.25, 0.3) is 0 Å². The van der Waals surface area contributed by atoms with Gasteiger partial charge in [-0.25, -0.2) is 5.43 Å². The number of carbonyl (C=O) groups excluding carboxylic acids is 1. The molecule has 0 unspecified atom stereocenters. The quantitative estimate of drug-likeness (QED) is 0.661. The van der Waals surface area contributed by atoms with Gasteiger partial charge in [0.05, 0.1) is 13.3 Å². The molecule has 0 bridgehead atoms. The molecule has 2 aromatic rings. The first kappa shape index (κ1) is 12.8. The summed E-state index contributed by atoms with van der Waals surface area (Å²) in [4.78, 5) is 11.7. The van der Waals surface area contributed by atoms with E-state index in [9.17, 15) is 4.79 Å². The Bertz CT molecular complexity index is 604. The number of methoxy groups -OCH3 is 1. The molecule has 6 heteroatoms. The van der Waals surface area contributed by atoms with Crippen molar-refractivity contribution < 1.29 is 9.53 Å². The summed E-state index contributed by atoms with van der Waals surface area (Å²) in [6.45, 7) is 0. The number of carbonyl (C=O) groups is 1. The first-order valence-electron chi connectivity index (χ1n) is 5.67. The number of ether oxygens (including phenoxy) is 1. The van der Waals surface area contributed by atoms with Crippen LogP contribution in [-0.4, -0.2) is 29.0 Å². The fourth-order valence-corrected chi connectivity index (χ4v) is 1.53. The number of aryl methyl sites for hydroxylation is 1. The van der Waals surface area contributed by atoms with Crippen LogP contribution in [0.1, 0.15) is 16.1 Å². The molecule has 0 spiro atoms. The number of benzene rings is 1. The predicted octanol–water partition coefficient (Wildman–Crippen LogP) is 1.19.